The molecule has 0 spiro atoms. The number of benzene rings is 1. The third-order valence-electron chi connectivity index (χ3n) is 4.32. The summed E-state index contributed by atoms with van der Waals surface area (Å²) in [6, 6.07) is 7.10. The second-order valence-corrected chi connectivity index (χ2v) is 9.11. The van der Waals surface area contributed by atoms with E-state index in [4.69, 9.17) is 11.6 Å². The summed E-state index contributed by atoms with van der Waals surface area (Å²) in [4.78, 5) is 0.385. The second-order valence-electron chi connectivity index (χ2n) is 6.80. The number of alkyl halides is 1. The fourth-order valence-corrected chi connectivity index (χ4v) is 4.46. The van der Waals surface area contributed by atoms with E-state index in [0.717, 1.165) is 18.4 Å². The summed E-state index contributed by atoms with van der Waals surface area (Å²) in [5.74, 6) is 0.966. The fourth-order valence-electron chi connectivity index (χ4n) is 2.74. The van der Waals surface area contributed by atoms with Crippen LogP contribution in [0.25, 0.3) is 0 Å². The van der Waals surface area contributed by atoms with Crippen molar-refractivity contribution in [1.82, 2.24) is 4.31 Å². The van der Waals surface area contributed by atoms with Crippen molar-refractivity contribution in [1.29, 1.82) is 0 Å². The maximum atomic E-state index is 12.7. The van der Waals surface area contributed by atoms with Crippen molar-refractivity contribution < 1.29 is 8.42 Å². The molecule has 1 saturated heterocycles. The molecule has 0 saturated carbocycles. The molecule has 5 heteroatoms. The average Bonchev–Trinajstić information content (AvgIpc) is 2.90. The lowest BCUT2D eigenvalue weighted by molar-refractivity contribution is 0.252. The quantitative estimate of drug-likeness (QED) is 0.792. The van der Waals surface area contributed by atoms with Gasteiger partial charge in [0, 0.05) is 19.0 Å². The Hall–Kier alpha value is -0.580. The monoisotopic (exact) mass is 329 g/mol. The first-order valence-corrected chi connectivity index (χ1v) is 9.37. The third-order valence-corrected chi connectivity index (χ3v) is 6.39. The first kappa shape index (κ1) is 16.8. The van der Waals surface area contributed by atoms with Crippen LogP contribution < -0.4 is 0 Å². The van der Waals surface area contributed by atoms with Gasteiger partial charge in [0.25, 0.3) is 0 Å². The molecule has 3 nitrogen and oxygen atoms in total. The van der Waals surface area contributed by atoms with Gasteiger partial charge >= 0.3 is 0 Å². The average molecular weight is 330 g/mol. The van der Waals surface area contributed by atoms with Gasteiger partial charge in [-0.15, -0.1) is 11.6 Å². The Kier molecular flexibility index (Phi) is 5.01. The number of hydrogen-bond donors (Lipinski definition) is 0. The normalized spacial score (nSPS) is 20.9. The largest absolute Gasteiger partial charge is 0.243 e. The summed E-state index contributed by atoms with van der Waals surface area (Å²) in [7, 11) is -3.36. The molecule has 0 aliphatic carbocycles. The zero-order chi connectivity index (χ0) is 15.7. The lowest BCUT2D eigenvalue weighted by atomic mass is 9.80. The minimum atomic E-state index is -3.36. The van der Waals surface area contributed by atoms with Gasteiger partial charge in [-0.2, -0.15) is 4.31 Å². The minimum absolute atomic E-state index is 0.147. The molecule has 1 heterocycles. The van der Waals surface area contributed by atoms with Crippen molar-refractivity contribution >= 4 is 21.6 Å². The van der Waals surface area contributed by atoms with Gasteiger partial charge in [0.05, 0.1) is 4.90 Å². The summed E-state index contributed by atoms with van der Waals surface area (Å²) in [6.07, 6.45) is 1.70. The Morgan fingerprint density at radius 1 is 1.24 bits per heavy atom. The molecule has 2 rings (SSSR count). The third kappa shape index (κ3) is 3.79. The zero-order valence-electron chi connectivity index (χ0n) is 13.0. The molecule has 1 atom stereocenters. The smallest absolute Gasteiger partial charge is 0.207 e. The zero-order valence-corrected chi connectivity index (χ0v) is 14.5. The minimum Gasteiger partial charge on any atom is -0.207 e. The molecule has 0 amide bonds. The molecule has 1 aromatic rings. The van der Waals surface area contributed by atoms with Gasteiger partial charge in [0.1, 0.15) is 0 Å². The van der Waals surface area contributed by atoms with Crippen molar-refractivity contribution in [2.75, 3.05) is 19.0 Å². The van der Waals surface area contributed by atoms with Gasteiger partial charge in [-0.1, -0.05) is 32.9 Å². The molecule has 1 aliphatic heterocycles. The number of aryl methyl sites for hydroxylation is 1. The fraction of sp³-hybridized carbons (Fsp3) is 0.625. The lowest BCUT2D eigenvalue weighted by Crippen LogP contribution is -2.31. The van der Waals surface area contributed by atoms with Crippen LogP contribution in [0.15, 0.2) is 29.2 Å². The van der Waals surface area contributed by atoms with E-state index >= 15 is 0 Å². The molecule has 0 N–H and O–H groups in total. The number of hydrogen-bond acceptors (Lipinski definition) is 2. The molecule has 118 valence electrons. The topological polar surface area (TPSA) is 37.4 Å². The van der Waals surface area contributed by atoms with Gasteiger partial charge in [-0.05, 0) is 41.9 Å². The highest BCUT2D eigenvalue weighted by Gasteiger charge is 2.37. The first-order valence-electron chi connectivity index (χ1n) is 7.40. The molecule has 21 heavy (non-hydrogen) atoms. The molecular weight excluding hydrogens is 306 g/mol. The molecule has 1 aromatic carbocycles. The van der Waals surface area contributed by atoms with Crippen LogP contribution in [0.4, 0.5) is 0 Å². The Bertz CT molecular complexity index is 575. The predicted molar refractivity (Wildman–Crippen MR) is 87.2 cm³/mol. The maximum absolute atomic E-state index is 12.7. The molecular formula is C16H24ClNO2S. The number of halogens is 1. The van der Waals surface area contributed by atoms with E-state index in [2.05, 4.69) is 20.8 Å². The lowest BCUT2D eigenvalue weighted by Gasteiger charge is -2.26. The van der Waals surface area contributed by atoms with Crippen LogP contribution in [0.5, 0.6) is 0 Å². The van der Waals surface area contributed by atoms with Crippen LogP contribution in [-0.4, -0.2) is 31.7 Å². The highest BCUT2D eigenvalue weighted by molar-refractivity contribution is 7.89. The van der Waals surface area contributed by atoms with Gasteiger partial charge in [-0.3, -0.25) is 0 Å². The van der Waals surface area contributed by atoms with Crippen molar-refractivity contribution in [3.63, 3.8) is 0 Å². The van der Waals surface area contributed by atoms with E-state index in [-0.39, 0.29) is 5.41 Å². The van der Waals surface area contributed by atoms with Crippen LogP contribution in [0.3, 0.4) is 0 Å². The second kappa shape index (κ2) is 6.27. The van der Waals surface area contributed by atoms with Crippen molar-refractivity contribution in [3.05, 3.63) is 29.8 Å². The Balaban J connectivity index is 2.15. The summed E-state index contributed by atoms with van der Waals surface area (Å²) in [5.41, 5.74) is 1.21. The SMILES string of the molecule is CC(C)(C)C1CCN(S(=O)(=O)c2ccc(CCCl)cc2)C1. The van der Waals surface area contributed by atoms with Crippen LogP contribution in [0.2, 0.25) is 0 Å². The van der Waals surface area contributed by atoms with Crippen molar-refractivity contribution in [2.45, 2.75) is 38.5 Å². The Morgan fingerprint density at radius 3 is 2.33 bits per heavy atom. The van der Waals surface area contributed by atoms with Crippen molar-refractivity contribution in [2.24, 2.45) is 11.3 Å². The molecule has 0 radical (unpaired) electrons. The Labute approximate surface area is 133 Å². The first-order chi connectivity index (χ1) is 9.75. The van der Waals surface area contributed by atoms with Crippen LogP contribution in [0, 0.1) is 11.3 Å². The number of rotatable bonds is 4. The molecule has 1 fully saturated rings. The Morgan fingerprint density at radius 2 is 1.86 bits per heavy atom. The molecule has 0 bridgehead atoms. The number of nitrogens with zero attached hydrogens (tertiary/aromatic N) is 1. The van der Waals surface area contributed by atoms with Crippen LogP contribution >= 0.6 is 11.6 Å². The summed E-state index contributed by atoms with van der Waals surface area (Å²) in [6.45, 7) is 7.77. The van der Waals surface area contributed by atoms with E-state index in [1.807, 2.05) is 12.1 Å². The van der Waals surface area contributed by atoms with E-state index < -0.39 is 10.0 Å². The van der Waals surface area contributed by atoms with E-state index in [9.17, 15) is 8.42 Å². The highest BCUT2D eigenvalue weighted by atomic mass is 35.5. The standard InChI is InChI=1S/C16H24ClNO2S/c1-16(2,3)14-9-11-18(12-14)21(19,20)15-6-4-13(5-7-15)8-10-17/h4-7,14H,8-12H2,1-3H3. The van der Waals surface area contributed by atoms with E-state index in [1.165, 1.54) is 0 Å². The summed E-state index contributed by atoms with van der Waals surface area (Å²) in [5, 5.41) is 0. The van der Waals surface area contributed by atoms with Gasteiger partial charge in [0.15, 0.2) is 0 Å². The van der Waals surface area contributed by atoms with Gasteiger partial charge in [0.2, 0.25) is 10.0 Å². The molecule has 1 unspecified atom stereocenters. The summed E-state index contributed by atoms with van der Waals surface area (Å²) >= 11 is 5.70. The predicted octanol–water partition coefficient (Wildman–Crippen LogP) is 3.52. The highest BCUT2D eigenvalue weighted by Crippen LogP contribution is 2.35. The maximum Gasteiger partial charge on any atom is 0.243 e. The van der Waals surface area contributed by atoms with E-state index in [1.54, 1.807) is 16.4 Å². The van der Waals surface area contributed by atoms with E-state index in [0.29, 0.717) is 29.8 Å². The van der Waals surface area contributed by atoms with Crippen LogP contribution in [0.1, 0.15) is 32.8 Å². The van der Waals surface area contributed by atoms with Gasteiger partial charge < -0.3 is 0 Å². The van der Waals surface area contributed by atoms with Crippen LogP contribution in [-0.2, 0) is 16.4 Å². The van der Waals surface area contributed by atoms with Crippen molar-refractivity contribution in [3.8, 4) is 0 Å². The number of sulfonamides is 1. The molecule has 1 aliphatic rings. The van der Waals surface area contributed by atoms with Gasteiger partial charge in [-0.25, -0.2) is 8.42 Å². The molecule has 0 aromatic heterocycles. The summed E-state index contributed by atoms with van der Waals surface area (Å²) < 4.78 is 27.0.